The lowest BCUT2D eigenvalue weighted by molar-refractivity contribution is -0.119. The first kappa shape index (κ1) is 27.0. The third-order valence-corrected chi connectivity index (χ3v) is 8.55. The molecule has 0 radical (unpaired) electrons. The highest BCUT2D eigenvalue weighted by atomic mass is 32.1. The SMILES string of the molecule is CCN(CC)[C@@H](C)CCC(=O)c1cc(-c2cnn3ccc(-c4cccs4)nc23)nc(N2CCC[C@@H]2C(N)=O)c1. The molecule has 1 saturated heterocycles. The van der Waals surface area contributed by atoms with E-state index in [9.17, 15) is 9.59 Å². The summed E-state index contributed by atoms with van der Waals surface area (Å²) in [6, 6.07) is 9.48. The maximum atomic E-state index is 13.5. The van der Waals surface area contributed by atoms with Crippen molar-refractivity contribution in [2.24, 2.45) is 5.73 Å². The molecule has 5 heterocycles. The quantitative estimate of drug-likeness (QED) is 0.273. The lowest BCUT2D eigenvalue weighted by Gasteiger charge is -2.26. The number of Topliss-reactive ketones (excluding diaryl/α,β-unsaturated/α-hetero) is 1. The Morgan fingerprint density at radius 3 is 2.72 bits per heavy atom. The van der Waals surface area contributed by atoms with Crippen molar-refractivity contribution < 1.29 is 9.59 Å². The Kier molecular flexibility index (Phi) is 8.04. The number of hydrogen-bond donors (Lipinski definition) is 1. The first-order valence-corrected chi connectivity index (χ1v) is 14.5. The number of carbonyl (C=O) groups is 2. The fourth-order valence-corrected chi connectivity index (χ4v) is 6.12. The smallest absolute Gasteiger partial charge is 0.240 e. The van der Waals surface area contributed by atoms with Gasteiger partial charge in [0.05, 0.1) is 28.0 Å². The van der Waals surface area contributed by atoms with Gasteiger partial charge in [0, 0.05) is 30.8 Å². The molecule has 5 rings (SSSR count). The second kappa shape index (κ2) is 11.6. The number of anilines is 1. The summed E-state index contributed by atoms with van der Waals surface area (Å²) in [6.07, 6.45) is 6.33. The number of aromatic nitrogens is 4. The Hall–Kier alpha value is -3.63. The number of pyridine rings is 1. The first-order valence-electron chi connectivity index (χ1n) is 13.6. The Balaban J connectivity index is 1.54. The van der Waals surface area contributed by atoms with Crippen molar-refractivity contribution in [2.45, 2.75) is 58.5 Å². The third-order valence-electron chi connectivity index (χ3n) is 7.65. The number of ketones is 1. The van der Waals surface area contributed by atoms with E-state index in [4.69, 9.17) is 15.7 Å². The van der Waals surface area contributed by atoms with E-state index in [-0.39, 0.29) is 11.7 Å². The fourth-order valence-electron chi connectivity index (χ4n) is 5.42. The molecule has 1 fully saturated rings. The molecule has 0 bridgehead atoms. The van der Waals surface area contributed by atoms with Crippen molar-refractivity contribution in [1.82, 2.24) is 24.5 Å². The molecule has 0 aliphatic carbocycles. The highest BCUT2D eigenvalue weighted by Crippen LogP contribution is 2.31. The summed E-state index contributed by atoms with van der Waals surface area (Å²) in [6.45, 7) is 9.01. The normalized spacial score (nSPS) is 16.3. The Bertz CT molecular complexity index is 1460. The van der Waals surface area contributed by atoms with Gasteiger partial charge in [0.1, 0.15) is 11.9 Å². The van der Waals surface area contributed by atoms with Gasteiger partial charge >= 0.3 is 0 Å². The molecule has 204 valence electrons. The van der Waals surface area contributed by atoms with Crippen molar-refractivity contribution in [3.05, 3.63) is 53.7 Å². The second-order valence-electron chi connectivity index (χ2n) is 10.0. The molecule has 1 aliphatic heterocycles. The van der Waals surface area contributed by atoms with Crippen molar-refractivity contribution in [2.75, 3.05) is 24.5 Å². The second-order valence-corrected chi connectivity index (χ2v) is 10.9. The van der Waals surface area contributed by atoms with Crippen LogP contribution in [0.4, 0.5) is 5.82 Å². The van der Waals surface area contributed by atoms with Gasteiger partial charge < -0.3 is 15.5 Å². The van der Waals surface area contributed by atoms with Crippen LogP contribution in [0.1, 0.15) is 56.8 Å². The van der Waals surface area contributed by atoms with Crippen molar-refractivity contribution in [3.8, 4) is 21.8 Å². The molecule has 2 atom stereocenters. The standard InChI is InChI=1S/C29H35N7O2S/c1-4-34(5-2)19(3)10-11-25(37)20-16-23(32-27(17-20)35-13-6-8-24(35)28(30)38)21-18-31-36-14-12-22(33-29(21)36)26-9-7-15-39-26/h7,9,12,14-19,24H,4-6,8,10-11,13H2,1-3H3,(H2,30,38)/t19-,24+/m0/s1. The van der Waals surface area contributed by atoms with E-state index in [1.54, 1.807) is 22.0 Å². The van der Waals surface area contributed by atoms with Crippen molar-refractivity contribution in [1.29, 1.82) is 0 Å². The van der Waals surface area contributed by atoms with Gasteiger partial charge in [-0.25, -0.2) is 14.5 Å². The molecule has 1 amide bonds. The largest absolute Gasteiger partial charge is 0.368 e. The molecule has 10 heteroatoms. The summed E-state index contributed by atoms with van der Waals surface area (Å²) in [7, 11) is 0. The van der Waals surface area contributed by atoms with Crippen LogP contribution in [0.25, 0.3) is 27.5 Å². The minimum atomic E-state index is -0.439. The number of nitrogens with zero attached hydrogens (tertiary/aromatic N) is 6. The summed E-state index contributed by atoms with van der Waals surface area (Å²) in [5.41, 5.74) is 9.15. The van der Waals surface area contributed by atoms with Gasteiger partial charge in [0.15, 0.2) is 11.4 Å². The van der Waals surface area contributed by atoms with Crippen LogP contribution in [0.2, 0.25) is 0 Å². The average molecular weight is 546 g/mol. The van der Waals surface area contributed by atoms with E-state index >= 15 is 0 Å². The number of hydrogen-bond acceptors (Lipinski definition) is 8. The summed E-state index contributed by atoms with van der Waals surface area (Å²) in [5, 5.41) is 6.52. The maximum absolute atomic E-state index is 13.5. The molecular weight excluding hydrogens is 510 g/mol. The van der Waals surface area contributed by atoms with E-state index in [1.165, 1.54) is 0 Å². The Morgan fingerprint density at radius 2 is 2.00 bits per heavy atom. The molecular formula is C29H35N7O2S. The zero-order chi connectivity index (χ0) is 27.5. The molecule has 0 spiro atoms. The van der Waals surface area contributed by atoms with Gasteiger partial charge in [0.25, 0.3) is 0 Å². The number of thiophene rings is 1. The first-order chi connectivity index (χ1) is 18.9. The molecule has 2 N–H and O–H groups in total. The van der Waals surface area contributed by atoms with Crippen LogP contribution in [0, 0.1) is 0 Å². The average Bonchev–Trinajstić information content (AvgIpc) is 3.72. The van der Waals surface area contributed by atoms with Crippen molar-refractivity contribution in [3.63, 3.8) is 0 Å². The molecule has 0 unspecified atom stereocenters. The van der Waals surface area contributed by atoms with E-state index in [0.717, 1.165) is 42.1 Å². The van der Waals surface area contributed by atoms with E-state index in [0.29, 0.717) is 48.2 Å². The zero-order valence-corrected chi connectivity index (χ0v) is 23.5. The van der Waals surface area contributed by atoms with Crippen LogP contribution in [-0.4, -0.2) is 67.9 Å². The van der Waals surface area contributed by atoms with Crippen molar-refractivity contribution >= 4 is 34.5 Å². The summed E-state index contributed by atoms with van der Waals surface area (Å²) in [4.78, 5) is 40.9. The Morgan fingerprint density at radius 1 is 1.18 bits per heavy atom. The van der Waals surface area contributed by atoms with Gasteiger partial charge in [0.2, 0.25) is 5.91 Å². The van der Waals surface area contributed by atoms with Gasteiger partial charge in [-0.05, 0) is 68.9 Å². The van der Waals surface area contributed by atoms with Crippen LogP contribution >= 0.6 is 11.3 Å². The summed E-state index contributed by atoms with van der Waals surface area (Å²) < 4.78 is 1.72. The van der Waals surface area contributed by atoms with E-state index in [2.05, 4.69) is 30.8 Å². The van der Waals surface area contributed by atoms with Gasteiger partial charge in [-0.2, -0.15) is 5.10 Å². The summed E-state index contributed by atoms with van der Waals surface area (Å²) in [5.74, 6) is 0.263. The minimum Gasteiger partial charge on any atom is -0.368 e. The third kappa shape index (κ3) is 5.58. The van der Waals surface area contributed by atoms with Gasteiger partial charge in [-0.1, -0.05) is 19.9 Å². The Labute approximate surface area is 232 Å². The minimum absolute atomic E-state index is 0.0532. The number of primary amides is 1. The molecule has 1 aliphatic rings. The highest BCUT2D eigenvalue weighted by molar-refractivity contribution is 7.13. The topological polar surface area (TPSA) is 110 Å². The lowest BCUT2D eigenvalue weighted by Crippen LogP contribution is -2.40. The lowest BCUT2D eigenvalue weighted by atomic mass is 10.0. The molecule has 4 aromatic rings. The van der Waals surface area contributed by atoms with Crippen LogP contribution in [-0.2, 0) is 4.79 Å². The predicted octanol–water partition coefficient (Wildman–Crippen LogP) is 4.67. The zero-order valence-electron chi connectivity index (χ0n) is 22.7. The maximum Gasteiger partial charge on any atom is 0.240 e. The number of amides is 1. The van der Waals surface area contributed by atoms with E-state index in [1.807, 2.05) is 46.8 Å². The fraction of sp³-hybridized carbons (Fsp3) is 0.414. The van der Waals surface area contributed by atoms with Crippen LogP contribution < -0.4 is 10.6 Å². The van der Waals surface area contributed by atoms with E-state index < -0.39 is 6.04 Å². The predicted molar refractivity (Wildman–Crippen MR) is 155 cm³/mol. The van der Waals surface area contributed by atoms with Crippen LogP contribution in [0.3, 0.4) is 0 Å². The highest BCUT2D eigenvalue weighted by Gasteiger charge is 2.31. The molecule has 9 nitrogen and oxygen atoms in total. The van der Waals surface area contributed by atoms with Crippen LogP contribution in [0.15, 0.2) is 48.1 Å². The molecule has 0 aromatic carbocycles. The number of nitrogens with two attached hydrogens (primary N) is 1. The van der Waals surface area contributed by atoms with Gasteiger partial charge in [-0.3, -0.25) is 9.59 Å². The molecule has 4 aromatic heterocycles. The number of fused-ring (bicyclic) bond motifs is 1. The summed E-state index contributed by atoms with van der Waals surface area (Å²) >= 11 is 1.62. The number of carbonyl (C=O) groups excluding carboxylic acids is 2. The van der Waals surface area contributed by atoms with Gasteiger partial charge in [-0.15, -0.1) is 11.3 Å². The molecule has 39 heavy (non-hydrogen) atoms. The number of rotatable bonds is 11. The van der Waals surface area contributed by atoms with Crippen LogP contribution in [0.5, 0.6) is 0 Å². The molecule has 0 saturated carbocycles. The monoisotopic (exact) mass is 545 g/mol.